The molecule has 4 rings (SSSR count). The Balaban J connectivity index is 1.23. The molecule has 1 aromatic heterocycles. The lowest BCUT2D eigenvalue weighted by molar-refractivity contribution is -0.118. The molecule has 0 radical (unpaired) electrons. The minimum atomic E-state index is -0.0299. The minimum absolute atomic E-state index is 0.0299. The van der Waals surface area contributed by atoms with Gasteiger partial charge in [0.05, 0.1) is 5.75 Å². The third-order valence-electron chi connectivity index (χ3n) is 5.91. The van der Waals surface area contributed by atoms with E-state index < -0.39 is 0 Å². The van der Waals surface area contributed by atoms with Crippen LogP contribution in [0.4, 0.5) is 0 Å². The highest BCUT2D eigenvalue weighted by atomic mass is 32.2. The number of amides is 1. The molecular formula is C25H30N4O2S. The monoisotopic (exact) mass is 450 g/mol. The minimum Gasteiger partial charge on any atom is -0.486 e. The van der Waals surface area contributed by atoms with Crippen molar-refractivity contribution in [1.82, 2.24) is 20.1 Å². The molecule has 1 saturated carbocycles. The Morgan fingerprint density at radius 2 is 1.81 bits per heavy atom. The zero-order valence-electron chi connectivity index (χ0n) is 18.5. The Bertz CT molecular complexity index is 999. The molecule has 1 aliphatic carbocycles. The van der Waals surface area contributed by atoms with Gasteiger partial charge in [0, 0.05) is 13.6 Å². The zero-order chi connectivity index (χ0) is 22.2. The van der Waals surface area contributed by atoms with E-state index in [9.17, 15) is 4.79 Å². The van der Waals surface area contributed by atoms with E-state index in [0.717, 1.165) is 17.1 Å². The molecule has 32 heavy (non-hydrogen) atoms. The number of aromatic nitrogens is 3. The quantitative estimate of drug-likeness (QED) is 0.472. The van der Waals surface area contributed by atoms with Gasteiger partial charge < -0.3 is 14.6 Å². The van der Waals surface area contributed by atoms with E-state index in [2.05, 4.69) is 27.6 Å². The summed E-state index contributed by atoms with van der Waals surface area (Å²) in [5.41, 5.74) is 2.50. The average Bonchev–Trinajstić information content (AvgIpc) is 3.20. The van der Waals surface area contributed by atoms with Crippen molar-refractivity contribution in [3.05, 3.63) is 71.5 Å². The SMILES string of the molecule is Cn1c(COc2ccc(C3CCCCC3)cc2)nnc1SCC(=O)NCc1ccccc1. The summed E-state index contributed by atoms with van der Waals surface area (Å²) in [5.74, 6) is 2.52. The topological polar surface area (TPSA) is 69.0 Å². The molecule has 0 aliphatic heterocycles. The highest BCUT2D eigenvalue weighted by molar-refractivity contribution is 7.99. The largest absolute Gasteiger partial charge is 0.486 e. The van der Waals surface area contributed by atoms with Gasteiger partial charge in [-0.05, 0) is 42.0 Å². The van der Waals surface area contributed by atoms with Gasteiger partial charge in [0.1, 0.15) is 12.4 Å². The third-order valence-corrected chi connectivity index (χ3v) is 6.93. The van der Waals surface area contributed by atoms with E-state index in [1.165, 1.54) is 49.4 Å². The van der Waals surface area contributed by atoms with Crippen LogP contribution in [0.5, 0.6) is 5.75 Å². The molecule has 0 bridgehead atoms. The van der Waals surface area contributed by atoms with Gasteiger partial charge in [-0.2, -0.15) is 0 Å². The summed E-state index contributed by atoms with van der Waals surface area (Å²) in [6.07, 6.45) is 6.63. The van der Waals surface area contributed by atoms with Crippen LogP contribution in [0.25, 0.3) is 0 Å². The van der Waals surface area contributed by atoms with Crippen LogP contribution in [0, 0.1) is 0 Å². The van der Waals surface area contributed by atoms with E-state index in [4.69, 9.17) is 4.74 Å². The molecule has 1 N–H and O–H groups in total. The van der Waals surface area contributed by atoms with Gasteiger partial charge in [-0.15, -0.1) is 10.2 Å². The van der Waals surface area contributed by atoms with Crippen molar-refractivity contribution >= 4 is 17.7 Å². The molecule has 7 heteroatoms. The Morgan fingerprint density at radius 1 is 1.06 bits per heavy atom. The predicted molar refractivity (Wildman–Crippen MR) is 127 cm³/mol. The van der Waals surface area contributed by atoms with Gasteiger partial charge in [-0.1, -0.05) is 73.5 Å². The lowest BCUT2D eigenvalue weighted by Crippen LogP contribution is -2.24. The van der Waals surface area contributed by atoms with Crippen LogP contribution in [0.3, 0.4) is 0 Å². The second-order valence-corrected chi connectivity index (χ2v) is 9.14. The number of ether oxygens (including phenoxy) is 1. The van der Waals surface area contributed by atoms with Crippen molar-refractivity contribution in [3.8, 4) is 5.75 Å². The summed E-state index contributed by atoms with van der Waals surface area (Å²) in [5, 5.41) is 12.1. The molecule has 6 nitrogen and oxygen atoms in total. The molecule has 0 unspecified atom stereocenters. The van der Waals surface area contributed by atoms with Crippen LogP contribution in [0.15, 0.2) is 59.8 Å². The van der Waals surface area contributed by atoms with Crippen LogP contribution in [-0.2, 0) is 25.0 Å². The Kier molecular flexibility index (Phi) is 7.82. The van der Waals surface area contributed by atoms with E-state index in [0.29, 0.717) is 30.0 Å². The predicted octanol–water partition coefficient (Wildman–Crippen LogP) is 4.85. The summed E-state index contributed by atoms with van der Waals surface area (Å²) < 4.78 is 7.81. The van der Waals surface area contributed by atoms with Gasteiger partial charge in [-0.3, -0.25) is 4.79 Å². The number of nitrogens with one attached hydrogen (secondary N) is 1. The van der Waals surface area contributed by atoms with Gasteiger partial charge in [0.2, 0.25) is 5.91 Å². The van der Waals surface area contributed by atoms with E-state index in [1.807, 2.05) is 54.1 Å². The van der Waals surface area contributed by atoms with Crippen molar-refractivity contribution in [3.63, 3.8) is 0 Å². The molecular weight excluding hydrogens is 420 g/mol. The Morgan fingerprint density at radius 3 is 2.56 bits per heavy atom. The highest BCUT2D eigenvalue weighted by Gasteiger charge is 2.16. The molecule has 2 aromatic carbocycles. The van der Waals surface area contributed by atoms with Crippen molar-refractivity contribution in [2.45, 2.75) is 56.3 Å². The second-order valence-electron chi connectivity index (χ2n) is 8.20. The van der Waals surface area contributed by atoms with Gasteiger partial charge in [0.25, 0.3) is 0 Å². The summed E-state index contributed by atoms with van der Waals surface area (Å²) in [4.78, 5) is 12.1. The van der Waals surface area contributed by atoms with E-state index in [1.54, 1.807) is 0 Å². The maximum atomic E-state index is 12.1. The van der Waals surface area contributed by atoms with Crippen LogP contribution >= 0.6 is 11.8 Å². The first-order valence-corrected chi connectivity index (χ1v) is 12.2. The number of carbonyl (C=O) groups is 1. The lowest BCUT2D eigenvalue weighted by atomic mass is 9.84. The van der Waals surface area contributed by atoms with Crippen LogP contribution in [0.2, 0.25) is 0 Å². The Labute approximate surface area is 193 Å². The molecule has 1 amide bonds. The zero-order valence-corrected chi connectivity index (χ0v) is 19.3. The van der Waals surface area contributed by atoms with Crippen LogP contribution in [-0.4, -0.2) is 26.4 Å². The number of thioether (sulfide) groups is 1. The third kappa shape index (κ3) is 6.13. The van der Waals surface area contributed by atoms with Crippen molar-refractivity contribution < 1.29 is 9.53 Å². The lowest BCUT2D eigenvalue weighted by Gasteiger charge is -2.22. The number of hydrogen-bond acceptors (Lipinski definition) is 5. The van der Waals surface area contributed by atoms with Crippen LogP contribution in [0.1, 0.15) is 55.0 Å². The standard InChI is InChI=1S/C25H30N4O2S/c1-29-23(17-31-22-14-12-21(13-15-22)20-10-6-3-7-11-20)27-28-25(29)32-18-24(30)26-16-19-8-4-2-5-9-19/h2,4-5,8-9,12-15,20H,3,6-7,10-11,16-18H2,1H3,(H,26,30). The number of nitrogens with zero attached hydrogens (tertiary/aromatic N) is 3. The maximum Gasteiger partial charge on any atom is 0.230 e. The molecule has 1 heterocycles. The first-order valence-electron chi connectivity index (χ1n) is 11.2. The molecule has 3 aromatic rings. The van der Waals surface area contributed by atoms with E-state index >= 15 is 0 Å². The number of benzene rings is 2. The number of rotatable bonds is 9. The normalized spacial score (nSPS) is 14.3. The molecule has 0 atom stereocenters. The summed E-state index contributed by atoms with van der Waals surface area (Å²) in [6.45, 7) is 0.866. The maximum absolute atomic E-state index is 12.1. The molecule has 0 saturated heterocycles. The summed E-state index contributed by atoms with van der Waals surface area (Å²) in [7, 11) is 1.90. The number of hydrogen-bond donors (Lipinski definition) is 1. The first kappa shape index (κ1) is 22.4. The number of carbonyl (C=O) groups excluding carboxylic acids is 1. The van der Waals surface area contributed by atoms with Gasteiger partial charge in [-0.25, -0.2) is 0 Å². The average molecular weight is 451 g/mol. The van der Waals surface area contributed by atoms with Gasteiger partial charge in [0.15, 0.2) is 11.0 Å². The van der Waals surface area contributed by atoms with Crippen LogP contribution < -0.4 is 10.1 Å². The van der Waals surface area contributed by atoms with Crippen molar-refractivity contribution in [2.24, 2.45) is 7.05 Å². The first-order chi connectivity index (χ1) is 15.7. The molecule has 1 fully saturated rings. The molecule has 168 valence electrons. The summed E-state index contributed by atoms with van der Waals surface area (Å²) in [6, 6.07) is 18.4. The Hall–Kier alpha value is -2.80. The molecule has 1 aliphatic rings. The van der Waals surface area contributed by atoms with Gasteiger partial charge >= 0.3 is 0 Å². The fraction of sp³-hybridized carbons (Fsp3) is 0.400. The molecule has 0 spiro atoms. The van der Waals surface area contributed by atoms with Crippen molar-refractivity contribution in [1.29, 1.82) is 0 Å². The van der Waals surface area contributed by atoms with E-state index in [-0.39, 0.29) is 5.91 Å². The van der Waals surface area contributed by atoms with Crippen molar-refractivity contribution in [2.75, 3.05) is 5.75 Å². The smallest absolute Gasteiger partial charge is 0.230 e. The second kappa shape index (κ2) is 11.2. The summed E-state index contributed by atoms with van der Waals surface area (Å²) >= 11 is 1.37. The highest BCUT2D eigenvalue weighted by Crippen LogP contribution is 2.33. The fourth-order valence-corrected chi connectivity index (χ4v) is 4.75. The fourth-order valence-electron chi connectivity index (χ4n) is 3.99.